The van der Waals surface area contributed by atoms with Gasteiger partial charge in [-0.3, -0.25) is 9.78 Å². The van der Waals surface area contributed by atoms with Gasteiger partial charge >= 0.3 is 31.5 Å². The Labute approximate surface area is 129 Å². The summed E-state index contributed by atoms with van der Waals surface area (Å²) in [6, 6.07) is 0. The monoisotopic (exact) mass is 395 g/mol. The zero-order chi connectivity index (χ0) is 14.3. The Hall–Kier alpha value is -0.880. The number of hydrogen-bond donors (Lipinski definition) is 5. The van der Waals surface area contributed by atoms with Gasteiger partial charge in [0, 0.05) is 0 Å². The van der Waals surface area contributed by atoms with Crippen molar-refractivity contribution in [3.63, 3.8) is 0 Å². The van der Waals surface area contributed by atoms with Crippen LogP contribution in [0.15, 0.2) is 9.59 Å². The van der Waals surface area contributed by atoms with E-state index in [1.165, 1.54) is 0 Å². The fourth-order valence-corrected chi connectivity index (χ4v) is 1.89. The molecule has 112 valence electrons. The van der Waals surface area contributed by atoms with E-state index in [4.69, 9.17) is 15.6 Å². The molecule has 0 bridgehead atoms. The van der Waals surface area contributed by atoms with Crippen LogP contribution in [0.4, 0.5) is 10.2 Å². The molecule has 9 nitrogen and oxygen atoms in total. The van der Waals surface area contributed by atoms with Crippen molar-refractivity contribution in [2.45, 2.75) is 24.5 Å². The van der Waals surface area contributed by atoms with Gasteiger partial charge in [0.25, 0.3) is 5.56 Å². The molecule has 0 aromatic carbocycles. The van der Waals surface area contributed by atoms with Crippen molar-refractivity contribution in [3.05, 3.63) is 26.7 Å². The van der Waals surface area contributed by atoms with Crippen LogP contribution in [0.5, 0.6) is 0 Å². The molecular weight excluding hydrogens is 380 g/mol. The van der Waals surface area contributed by atoms with Gasteiger partial charge in [0.05, 0.1) is 6.61 Å². The number of ether oxygens (including phenoxy) is 1. The van der Waals surface area contributed by atoms with Crippen LogP contribution in [0, 0.1) is 5.82 Å². The van der Waals surface area contributed by atoms with Crippen LogP contribution in [0.25, 0.3) is 0 Å². The molecular formula is C9H15FInN3O6. The zero-order valence-electron chi connectivity index (χ0n) is 9.49. The minimum atomic E-state index is -1.61. The molecule has 0 radical (unpaired) electrons. The third-order valence-corrected chi connectivity index (χ3v) is 2.89. The molecule has 1 fully saturated rings. The normalized spacial score (nSPS) is 29.2. The van der Waals surface area contributed by atoms with Gasteiger partial charge in [-0.1, -0.05) is 0 Å². The number of aromatic nitrogens is 2. The Kier molecular flexibility index (Phi) is 5.38. The van der Waals surface area contributed by atoms with Gasteiger partial charge in [-0.25, -0.2) is 9.36 Å². The summed E-state index contributed by atoms with van der Waals surface area (Å²) < 4.78 is 18.8. The molecule has 0 aliphatic carbocycles. The number of anilines is 1. The molecule has 11 heteroatoms. The molecule has 20 heavy (non-hydrogen) atoms. The summed E-state index contributed by atoms with van der Waals surface area (Å²) >= 11 is 0. The molecule has 0 spiro atoms. The number of rotatable bonds is 2. The van der Waals surface area contributed by atoms with Gasteiger partial charge in [0.15, 0.2) is 12.0 Å². The molecule has 6 N–H and O–H groups in total. The molecule has 1 aromatic heterocycles. The predicted molar refractivity (Wildman–Crippen MR) is 68.6 cm³/mol. The summed E-state index contributed by atoms with van der Waals surface area (Å²) in [6.07, 6.45) is -5.74. The molecule has 1 aliphatic rings. The van der Waals surface area contributed by atoms with E-state index in [0.717, 1.165) is 0 Å². The van der Waals surface area contributed by atoms with Gasteiger partial charge < -0.3 is 25.8 Å². The van der Waals surface area contributed by atoms with Crippen LogP contribution in [-0.2, 0) is 4.74 Å². The van der Waals surface area contributed by atoms with Crippen molar-refractivity contribution >= 4 is 31.7 Å². The average Bonchev–Trinajstić information content (AvgIpc) is 2.64. The first-order valence-electron chi connectivity index (χ1n) is 5.30. The van der Waals surface area contributed by atoms with E-state index in [-0.39, 0.29) is 25.8 Å². The van der Waals surface area contributed by atoms with Gasteiger partial charge in [0.2, 0.25) is 5.82 Å². The number of halogens is 1. The molecule has 4 unspecified atom stereocenters. The summed E-state index contributed by atoms with van der Waals surface area (Å²) in [6.45, 7) is -0.616. The van der Waals surface area contributed by atoms with Crippen LogP contribution >= 0.6 is 0 Å². The number of aliphatic hydroxyl groups excluding tert-OH is 3. The van der Waals surface area contributed by atoms with Crippen LogP contribution in [-0.4, -0.2) is 75.6 Å². The van der Waals surface area contributed by atoms with Crippen molar-refractivity contribution < 1.29 is 24.4 Å². The van der Waals surface area contributed by atoms with Crippen molar-refractivity contribution in [1.82, 2.24) is 9.55 Å². The number of nitrogens with zero attached hydrogens (tertiary/aromatic N) is 1. The summed E-state index contributed by atoms with van der Waals surface area (Å²) in [4.78, 5) is 24.2. The van der Waals surface area contributed by atoms with E-state index in [2.05, 4.69) is 0 Å². The minimum absolute atomic E-state index is 0. The van der Waals surface area contributed by atoms with E-state index in [1.54, 1.807) is 4.98 Å². The van der Waals surface area contributed by atoms with Crippen molar-refractivity contribution in [2.24, 2.45) is 0 Å². The average molecular weight is 395 g/mol. The zero-order valence-corrected chi connectivity index (χ0v) is 9.49. The van der Waals surface area contributed by atoms with E-state index >= 15 is 0 Å². The number of nitrogens with two attached hydrogens (primary N) is 1. The molecule has 0 saturated carbocycles. The molecule has 4 atom stereocenters. The molecule has 0 amide bonds. The van der Waals surface area contributed by atoms with Crippen molar-refractivity contribution in [3.8, 4) is 0 Å². The Morgan fingerprint density at radius 1 is 1.35 bits per heavy atom. The quantitative estimate of drug-likeness (QED) is 0.340. The van der Waals surface area contributed by atoms with Crippen LogP contribution < -0.4 is 17.0 Å². The standard InChI is InChI=1S/C9H12FN3O6.In.3H/c10-3-6(11)13(9(18)12-7(3)17)8-5(16)4(15)2(1-14)19-8;;;;/h2,4-5,8,14-16H,1,11H2,(H,12,17,18);;;;. The van der Waals surface area contributed by atoms with E-state index in [1.807, 2.05) is 0 Å². The SMILES string of the molecule is Nc1c(F)c(=O)[nH]c(=O)n1C1OC(CO)C(O)C1O.[InH3]. The van der Waals surface area contributed by atoms with E-state index in [0.29, 0.717) is 4.57 Å². The number of hydrogen-bond acceptors (Lipinski definition) is 7. The van der Waals surface area contributed by atoms with Crippen LogP contribution in [0.2, 0.25) is 0 Å². The van der Waals surface area contributed by atoms with Crippen LogP contribution in [0.1, 0.15) is 6.23 Å². The number of aromatic amines is 1. The maximum atomic E-state index is 13.4. The number of aliphatic hydroxyl groups is 3. The molecule has 1 aliphatic heterocycles. The molecule has 2 heterocycles. The third-order valence-electron chi connectivity index (χ3n) is 2.89. The van der Waals surface area contributed by atoms with Gasteiger partial charge in [0.1, 0.15) is 18.3 Å². The number of H-pyrrole nitrogens is 1. The summed E-state index contributed by atoms with van der Waals surface area (Å²) in [5.74, 6) is -2.24. The molecule has 1 aromatic rings. The second-order valence-electron chi connectivity index (χ2n) is 4.06. The topological polar surface area (TPSA) is 151 Å². The fraction of sp³-hybridized carbons (Fsp3) is 0.556. The first-order chi connectivity index (χ1) is 8.88. The van der Waals surface area contributed by atoms with Gasteiger partial charge in [-0.2, -0.15) is 4.39 Å². The second-order valence-corrected chi connectivity index (χ2v) is 4.06. The first kappa shape index (κ1) is 17.2. The molecule has 2 rings (SSSR count). The maximum absolute atomic E-state index is 13.4. The molecule has 1 saturated heterocycles. The van der Waals surface area contributed by atoms with Crippen molar-refractivity contribution in [2.75, 3.05) is 12.3 Å². The van der Waals surface area contributed by atoms with E-state index < -0.39 is 54.0 Å². The summed E-state index contributed by atoms with van der Waals surface area (Å²) in [7, 11) is 0. The van der Waals surface area contributed by atoms with Crippen molar-refractivity contribution in [1.29, 1.82) is 0 Å². The van der Waals surface area contributed by atoms with Gasteiger partial charge in [-0.05, 0) is 0 Å². The second kappa shape index (κ2) is 6.26. The van der Waals surface area contributed by atoms with E-state index in [9.17, 15) is 24.2 Å². The summed E-state index contributed by atoms with van der Waals surface area (Å²) in [5.41, 5.74) is 2.89. The fourth-order valence-electron chi connectivity index (χ4n) is 1.89. The predicted octanol–water partition coefficient (Wildman–Crippen LogP) is -4.31. The Morgan fingerprint density at radius 3 is 2.45 bits per heavy atom. The Bertz CT molecular complexity index is 604. The number of nitrogen functional groups attached to an aromatic ring is 1. The number of nitrogens with one attached hydrogen (secondary N) is 1. The first-order valence-corrected chi connectivity index (χ1v) is 5.30. The van der Waals surface area contributed by atoms with Crippen LogP contribution in [0.3, 0.4) is 0 Å². The Morgan fingerprint density at radius 2 is 1.95 bits per heavy atom. The third kappa shape index (κ3) is 2.63. The van der Waals surface area contributed by atoms with Gasteiger partial charge in [-0.15, -0.1) is 0 Å². The summed E-state index contributed by atoms with van der Waals surface area (Å²) in [5, 5.41) is 28.2. The Balaban J connectivity index is 0.00000200.